The Morgan fingerprint density at radius 1 is 0.938 bits per heavy atom. The quantitative estimate of drug-likeness (QED) is 0.488. The average molecular weight is 453 g/mol. The van der Waals surface area contributed by atoms with E-state index in [-0.39, 0.29) is 10.8 Å². The van der Waals surface area contributed by atoms with Crippen LogP contribution in [0.2, 0.25) is 0 Å². The van der Waals surface area contributed by atoms with E-state index in [9.17, 15) is 13.2 Å². The molecule has 0 bridgehead atoms. The van der Waals surface area contributed by atoms with Crippen LogP contribution in [0, 0.1) is 0 Å². The molecule has 6 nitrogen and oxygen atoms in total. The second kappa shape index (κ2) is 10.8. The molecule has 0 fully saturated rings. The minimum absolute atomic E-state index is 0.0383. The Morgan fingerprint density at radius 3 is 2.31 bits per heavy atom. The van der Waals surface area contributed by atoms with Crippen molar-refractivity contribution in [3.8, 4) is 5.75 Å². The van der Waals surface area contributed by atoms with Gasteiger partial charge in [0.05, 0.1) is 11.5 Å². The average Bonchev–Trinajstić information content (AvgIpc) is 2.81. The van der Waals surface area contributed by atoms with Crippen molar-refractivity contribution in [1.29, 1.82) is 0 Å². The van der Waals surface area contributed by atoms with Crippen molar-refractivity contribution in [1.82, 2.24) is 4.90 Å². The first-order valence-corrected chi connectivity index (χ1v) is 12.1. The SMILES string of the molecule is CCOc1ccc(NS(=O)(=O)c2cccc(C(=O)N(CC)CCc3ccccc3)c2)cc1. The highest BCUT2D eigenvalue weighted by atomic mass is 32.2. The molecule has 1 N–H and O–H groups in total. The Hall–Kier alpha value is -3.32. The molecule has 7 heteroatoms. The standard InChI is InChI=1S/C25H28N2O4S/c1-3-27(18-17-20-9-6-5-7-10-20)25(28)21-11-8-12-24(19-21)32(29,30)26-22-13-15-23(16-14-22)31-4-2/h5-16,19,26H,3-4,17-18H2,1-2H3. The van der Waals surface area contributed by atoms with Crippen LogP contribution in [0.25, 0.3) is 0 Å². The zero-order valence-electron chi connectivity index (χ0n) is 18.3. The van der Waals surface area contributed by atoms with Gasteiger partial charge in [-0.05, 0) is 68.3 Å². The second-order valence-corrected chi connectivity index (χ2v) is 8.89. The summed E-state index contributed by atoms with van der Waals surface area (Å²) in [5.74, 6) is 0.472. The van der Waals surface area contributed by atoms with Crippen LogP contribution in [-0.4, -0.2) is 38.9 Å². The van der Waals surface area contributed by atoms with Gasteiger partial charge in [-0.3, -0.25) is 9.52 Å². The molecular weight excluding hydrogens is 424 g/mol. The highest BCUT2D eigenvalue weighted by molar-refractivity contribution is 7.92. The number of nitrogens with zero attached hydrogens (tertiary/aromatic N) is 1. The van der Waals surface area contributed by atoms with E-state index in [1.807, 2.05) is 44.2 Å². The fourth-order valence-corrected chi connectivity index (χ4v) is 4.39. The minimum Gasteiger partial charge on any atom is -0.494 e. The van der Waals surface area contributed by atoms with E-state index in [4.69, 9.17) is 4.74 Å². The van der Waals surface area contributed by atoms with Gasteiger partial charge in [0.1, 0.15) is 5.75 Å². The molecule has 3 aromatic rings. The number of carbonyl (C=O) groups excluding carboxylic acids is 1. The Bertz CT molecular complexity index is 1130. The molecule has 3 aromatic carbocycles. The second-order valence-electron chi connectivity index (χ2n) is 7.21. The Morgan fingerprint density at radius 2 is 1.66 bits per heavy atom. The smallest absolute Gasteiger partial charge is 0.261 e. The van der Waals surface area contributed by atoms with Gasteiger partial charge in [-0.15, -0.1) is 0 Å². The summed E-state index contributed by atoms with van der Waals surface area (Å²) in [7, 11) is -3.84. The van der Waals surface area contributed by atoms with Crippen molar-refractivity contribution in [2.75, 3.05) is 24.4 Å². The number of amides is 1. The summed E-state index contributed by atoms with van der Waals surface area (Å²) in [5.41, 5.74) is 1.91. The predicted molar refractivity (Wildman–Crippen MR) is 127 cm³/mol. The Labute approximate surface area is 189 Å². The first kappa shape index (κ1) is 23.3. The molecule has 0 aliphatic heterocycles. The van der Waals surface area contributed by atoms with E-state index < -0.39 is 10.0 Å². The van der Waals surface area contributed by atoms with Crippen molar-refractivity contribution in [2.45, 2.75) is 25.2 Å². The largest absolute Gasteiger partial charge is 0.494 e. The molecule has 0 saturated carbocycles. The Kier molecular flexibility index (Phi) is 7.89. The highest BCUT2D eigenvalue weighted by Gasteiger charge is 2.19. The van der Waals surface area contributed by atoms with Gasteiger partial charge in [-0.2, -0.15) is 0 Å². The van der Waals surface area contributed by atoms with Crippen LogP contribution >= 0.6 is 0 Å². The molecule has 0 radical (unpaired) electrons. The maximum atomic E-state index is 13.0. The first-order valence-electron chi connectivity index (χ1n) is 10.6. The number of anilines is 1. The van der Waals surface area contributed by atoms with Gasteiger partial charge in [0.15, 0.2) is 0 Å². The molecule has 0 aliphatic rings. The van der Waals surface area contributed by atoms with Gasteiger partial charge >= 0.3 is 0 Å². The number of likely N-dealkylation sites (N-methyl/N-ethyl adjacent to an activating group) is 1. The normalized spacial score (nSPS) is 11.1. The third-order valence-corrected chi connectivity index (χ3v) is 6.37. The van der Waals surface area contributed by atoms with Crippen LogP contribution in [0.1, 0.15) is 29.8 Å². The van der Waals surface area contributed by atoms with E-state index in [1.165, 1.54) is 12.1 Å². The van der Waals surface area contributed by atoms with Crippen LogP contribution in [0.5, 0.6) is 5.75 Å². The number of ether oxygens (including phenoxy) is 1. The molecule has 0 aromatic heterocycles. The number of rotatable bonds is 10. The third-order valence-electron chi connectivity index (χ3n) is 4.99. The molecule has 0 unspecified atom stereocenters. The van der Waals surface area contributed by atoms with Gasteiger partial charge in [-0.1, -0.05) is 36.4 Å². The summed E-state index contributed by atoms with van der Waals surface area (Å²) in [6, 6.07) is 22.8. The lowest BCUT2D eigenvalue weighted by atomic mass is 10.1. The van der Waals surface area contributed by atoms with E-state index in [1.54, 1.807) is 41.3 Å². The van der Waals surface area contributed by atoms with Crippen LogP contribution < -0.4 is 9.46 Å². The van der Waals surface area contributed by atoms with Crippen molar-refractivity contribution in [3.05, 3.63) is 90.0 Å². The minimum atomic E-state index is -3.84. The number of hydrogen-bond acceptors (Lipinski definition) is 4. The van der Waals surface area contributed by atoms with Crippen LogP contribution in [0.3, 0.4) is 0 Å². The molecule has 1 amide bonds. The maximum absolute atomic E-state index is 13.0. The highest BCUT2D eigenvalue weighted by Crippen LogP contribution is 2.21. The van der Waals surface area contributed by atoms with Gasteiger partial charge in [0.25, 0.3) is 15.9 Å². The van der Waals surface area contributed by atoms with E-state index in [2.05, 4.69) is 4.72 Å². The monoisotopic (exact) mass is 452 g/mol. The molecule has 0 saturated heterocycles. The lowest BCUT2D eigenvalue weighted by Gasteiger charge is -2.21. The van der Waals surface area contributed by atoms with Crippen LogP contribution in [0.15, 0.2) is 83.8 Å². The lowest BCUT2D eigenvalue weighted by Crippen LogP contribution is -2.32. The number of carbonyl (C=O) groups is 1. The van der Waals surface area contributed by atoms with Crippen molar-refractivity contribution in [2.24, 2.45) is 0 Å². The number of benzene rings is 3. The first-order chi connectivity index (χ1) is 15.4. The molecule has 32 heavy (non-hydrogen) atoms. The van der Waals surface area contributed by atoms with Crippen molar-refractivity contribution >= 4 is 21.6 Å². The van der Waals surface area contributed by atoms with Gasteiger partial charge < -0.3 is 9.64 Å². The van der Waals surface area contributed by atoms with Gasteiger partial charge in [-0.25, -0.2) is 8.42 Å². The Balaban J connectivity index is 1.72. The number of nitrogens with one attached hydrogen (secondary N) is 1. The molecule has 0 spiro atoms. The lowest BCUT2D eigenvalue weighted by molar-refractivity contribution is 0.0766. The summed E-state index contributed by atoms with van der Waals surface area (Å²) in [5, 5.41) is 0. The zero-order chi connectivity index (χ0) is 23.0. The topological polar surface area (TPSA) is 75.7 Å². The number of sulfonamides is 1. The summed E-state index contributed by atoms with van der Waals surface area (Å²) in [4.78, 5) is 14.8. The zero-order valence-corrected chi connectivity index (χ0v) is 19.1. The molecular formula is C25H28N2O4S. The summed E-state index contributed by atoms with van der Waals surface area (Å²) >= 11 is 0. The van der Waals surface area contributed by atoms with Gasteiger partial charge in [0.2, 0.25) is 0 Å². The fraction of sp³-hybridized carbons (Fsp3) is 0.240. The van der Waals surface area contributed by atoms with Crippen molar-refractivity contribution in [3.63, 3.8) is 0 Å². The fourth-order valence-electron chi connectivity index (χ4n) is 3.29. The molecule has 0 atom stereocenters. The van der Waals surface area contributed by atoms with E-state index in [0.29, 0.717) is 36.7 Å². The molecule has 0 heterocycles. The van der Waals surface area contributed by atoms with Gasteiger partial charge in [0, 0.05) is 24.3 Å². The third kappa shape index (κ3) is 6.11. The van der Waals surface area contributed by atoms with E-state index in [0.717, 1.165) is 12.0 Å². The molecule has 3 rings (SSSR count). The van der Waals surface area contributed by atoms with Crippen LogP contribution in [-0.2, 0) is 16.4 Å². The van der Waals surface area contributed by atoms with E-state index >= 15 is 0 Å². The molecule has 0 aliphatic carbocycles. The summed E-state index contributed by atoms with van der Waals surface area (Å²) in [6.07, 6.45) is 0.734. The molecule has 168 valence electrons. The summed E-state index contributed by atoms with van der Waals surface area (Å²) < 4.78 is 33.7. The maximum Gasteiger partial charge on any atom is 0.261 e. The number of hydrogen-bond donors (Lipinski definition) is 1. The van der Waals surface area contributed by atoms with Crippen LogP contribution in [0.4, 0.5) is 5.69 Å². The van der Waals surface area contributed by atoms with Crippen molar-refractivity contribution < 1.29 is 17.9 Å². The predicted octanol–water partition coefficient (Wildman–Crippen LogP) is 4.59. The summed E-state index contributed by atoms with van der Waals surface area (Å²) in [6.45, 7) is 5.42.